The van der Waals surface area contributed by atoms with Crippen molar-refractivity contribution in [2.24, 2.45) is 0 Å². The molecule has 0 bridgehead atoms. The van der Waals surface area contributed by atoms with Gasteiger partial charge in [0.25, 0.3) is 11.7 Å². The van der Waals surface area contributed by atoms with Crippen LogP contribution >= 0.6 is 11.6 Å². The third-order valence-electron chi connectivity index (χ3n) is 6.90. The van der Waals surface area contributed by atoms with Crippen LogP contribution in [0, 0.1) is 13.8 Å². The van der Waals surface area contributed by atoms with E-state index in [0.29, 0.717) is 16.3 Å². The van der Waals surface area contributed by atoms with Gasteiger partial charge < -0.3 is 14.7 Å². The summed E-state index contributed by atoms with van der Waals surface area (Å²) in [5.74, 6) is -1.19. The number of nitrogens with zero attached hydrogens (tertiary/aromatic N) is 1. The average molecular weight is 518 g/mol. The number of aryl methyl sites for hydroxylation is 2. The van der Waals surface area contributed by atoms with Gasteiger partial charge in [0.15, 0.2) is 0 Å². The van der Waals surface area contributed by atoms with Crippen molar-refractivity contribution < 1.29 is 19.4 Å². The number of likely N-dealkylation sites (tertiary alicyclic amines) is 1. The van der Waals surface area contributed by atoms with Gasteiger partial charge in [0, 0.05) is 12.1 Å². The molecule has 1 amide bonds. The lowest BCUT2D eigenvalue weighted by atomic mass is 9.85. The maximum absolute atomic E-state index is 13.4. The zero-order valence-corrected chi connectivity index (χ0v) is 22.8. The number of ether oxygens (including phenoxy) is 1. The molecule has 1 unspecified atom stereocenters. The molecule has 0 radical (unpaired) electrons. The number of methoxy groups -OCH3 is 1. The normalized spacial score (nSPS) is 17.4. The number of carbonyl (C=O) groups excluding carboxylic acids is 2. The zero-order chi connectivity index (χ0) is 27.1. The van der Waals surface area contributed by atoms with Crippen molar-refractivity contribution in [3.05, 3.63) is 105 Å². The first-order chi connectivity index (χ1) is 17.4. The Kier molecular flexibility index (Phi) is 7.20. The van der Waals surface area contributed by atoms with Crippen LogP contribution in [0.15, 0.2) is 66.2 Å². The van der Waals surface area contributed by atoms with Crippen molar-refractivity contribution in [3.63, 3.8) is 0 Å². The lowest BCUT2D eigenvalue weighted by Gasteiger charge is -2.27. The van der Waals surface area contributed by atoms with E-state index in [1.54, 1.807) is 17.0 Å². The summed E-state index contributed by atoms with van der Waals surface area (Å²) in [6.45, 7) is 10.6. The van der Waals surface area contributed by atoms with Gasteiger partial charge in [-0.3, -0.25) is 9.59 Å². The van der Waals surface area contributed by atoms with E-state index < -0.39 is 17.7 Å². The first-order valence-corrected chi connectivity index (χ1v) is 12.6. The summed E-state index contributed by atoms with van der Waals surface area (Å²) in [6, 6.07) is 18.0. The predicted octanol–water partition coefficient (Wildman–Crippen LogP) is 6.88. The van der Waals surface area contributed by atoms with Gasteiger partial charge in [-0.05, 0) is 59.7 Å². The molecule has 3 aromatic rings. The van der Waals surface area contributed by atoms with Crippen molar-refractivity contribution in [1.29, 1.82) is 0 Å². The van der Waals surface area contributed by atoms with Crippen LogP contribution in [0.3, 0.4) is 0 Å². The van der Waals surface area contributed by atoms with Crippen LogP contribution < -0.4 is 4.74 Å². The fourth-order valence-corrected chi connectivity index (χ4v) is 4.94. The highest BCUT2D eigenvalue weighted by atomic mass is 35.5. The Morgan fingerprint density at radius 2 is 1.68 bits per heavy atom. The minimum Gasteiger partial charge on any atom is -0.507 e. The van der Waals surface area contributed by atoms with E-state index in [1.807, 2.05) is 56.3 Å². The molecule has 1 heterocycles. The van der Waals surface area contributed by atoms with E-state index in [-0.39, 0.29) is 23.3 Å². The molecule has 0 aromatic heterocycles. The Balaban J connectivity index is 1.88. The second kappa shape index (κ2) is 10.1. The minimum atomic E-state index is -0.755. The highest BCUT2D eigenvalue weighted by Crippen LogP contribution is 2.42. The van der Waals surface area contributed by atoms with Gasteiger partial charge in [0.1, 0.15) is 11.5 Å². The van der Waals surface area contributed by atoms with E-state index >= 15 is 0 Å². The topological polar surface area (TPSA) is 66.8 Å². The fourth-order valence-electron chi connectivity index (χ4n) is 4.68. The van der Waals surface area contributed by atoms with Crippen molar-refractivity contribution in [3.8, 4) is 5.75 Å². The number of Topliss-reactive ketones (excluding diaryl/α,β-unsaturated/α-hetero) is 1. The molecule has 6 heteroatoms. The van der Waals surface area contributed by atoms with E-state index in [9.17, 15) is 14.7 Å². The smallest absolute Gasteiger partial charge is 0.295 e. The lowest BCUT2D eigenvalue weighted by Crippen LogP contribution is -2.29. The molecule has 192 valence electrons. The maximum atomic E-state index is 13.4. The van der Waals surface area contributed by atoms with Gasteiger partial charge in [0.2, 0.25) is 0 Å². The third kappa shape index (κ3) is 5.14. The molecule has 1 N–H and O–H groups in total. The highest BCUT2D eigenvalue weighted by molar-refractivity contribution is 6.46. The summed E-state index contributed by atoms with van der Waals surface area (Å²) in [7, 11) is 1.50. The Bertz CT molecular complexity index is 1400. The summed E-state index contributed by atoms with van der Waals surface area (Å²) in [4.78, 5) is 28.4. The molecule has 0 aliphatic carbocycles. The summed E-state index contributed by atoms with van der Waals surface area (Å²) in [6.07, 6.45) is 0. The Morgan fingerprint density at radius 3 is 2.27 bits per heavy atom. The van der Waals surface area contributed by atoms with Crippen LogP contribution in [0.4, 0.5) is 0 Å². The number of aliphatic hydroxyl groups excluding tert-OH is 1. The molecule has 3 aromatic carbocycles. The van der Waals surface area contributed by atoms with E-state index in [1.165, 1.54) is 13.2 Å². The number of benzene rings is 3. The van der Waals surface area contributed by atoms with Crippen LogP contribution in [0.1, 0.15) is 60.2 Å². The summed E-state index contributed by atoms with van der Waals surface area (Å²) < 4.78 is 5.22. The van der Waals surface area contributed by atoms with Crippen molar-refractivity contribution in [2.75, 3.05) is 7.11 Å². The number of hydrogen-bond donors (Lipinski definition) is 1. The molecule has 0 spiro atoms. The Hall–Kier alpha value is -3.57. The van der Waals surface area contributed by atoms with E-state index in [4.69, 9.17) is 16.3 Å². The first-order valence-electron chi connectivity index (χ1n) is 12.2. The second-order valence-corrected chi connectivity index (χ2v) is 11.0. The van der Waals surface area contributed by atoms with Crippen LogP contribution in [-0.4, -0.2) is 28.8 Å². The molecular weight excluding hydrogens is 486 g/mol. The molecule has 1 aliphatic rings. The number of amides is 1. The number of carbonyl (C=O) groups is 2. The fraction of sp³-hybridized carbons (Fsp3) is 0.290. The van der Waals surface area contributed by atoms with Crippen molar-refractivity contribution >= 4 is 29.1 Å². The summed E-state index contributed by atoms with van der Waals surface area (Å²) in [5.41, 5.74) is 5.24. The monoisotopic (exact) mass is 517 g/mol. The van der Waals surface area contributed by atoms with Crippen LogP contribution in [0.2, 0.25) is 5.02 Å². The summed E-state index contributed by atoms with van der Waals surface area (Å²) in [5, 5.41) is 11.7. The van der Waals surface area contributed by atoms with E-state index in [0.717, 1.165) is 27.8 Å². The van der Waals surface area contributed by atoms with Crippen LogP contribution in [-0.2, 0) is 21.5 Å². The SMILES string of the molecule is COc1ccc(/C(O)=C2/C(=O)C(=O)N(Cc3cc(C)ccc3C)C2c2ccc(C(C)(C)C)cc2)cc1Cl. The molecule has 1 fully saturated rings. The average Bonchev–Trinajstić information content (AvgIpc) is 3.10. The van der Waals surface area contributed by atoms with Gasteiger partial charge in [-0.2, -0.15) is 0 Å². The van der Waals surface area contributed by atoms with Gasteiger partial charge in [0.05, 0.1) is 23.7 Å². The minimum absolute atomic E-state index is 0.0417. The predicted molar refractivity (Wildman–Crippen MR) is 147 cm³/mol. The first kappa shape index (κ1) is 26.5. The lowest BCUT2D eigenvalue weighted by molar-refractivity contribution is -0.140. The van der Waals surface area contributed by atoms with Crippen LogP contribution in [0.25, 0.3) is 5.76 Å². The molecule has 5 nitrogen and oxygen atoms in total. The molecule has 0 saturated carbocycles. The summed E-state index contributed by atoms with van der Waals surface area (Å²) >= 11 is 6.31. The Labute approximate surface area is 223 Å². The van der Waals surface area contributed by atoms with Gasteiger partial charge in [-0.25, -0.2) is 0 Å². The zero-order valence-electron chi connectivity index (χ0n) is 22.1. The van der Waals surface area contributed by atoms with Gasteiger partial charge >= 0.3 is 0 Å². The largest absolute Gasteiger partial charge is 0.507 e. The van der Waals surface area contributed by atoms with Crippen LogP contribution in [0.5, 0.6) is 5.75 Å². The van der Waals surface area contributed by atoms with Gasteiger partial charge in [-0.1, -0.05) is 80.4 Å². The van der Waals surface area contributed by atoms with Crippen molar-refractivity contribution in [1.82, 2.24) is 4.90 Å². The molecule has 1 atom stereocenters. The molecule has 4 rings (SSSR count). The standard InChI is InChI=1S/C31H32ClNO4/c1-18-7-8-19(2)22(15-18)17-33-27(20-9-12-23(13-10-20)31(3,4)5)26(29(35)30(33)36)28(34)21-11-14-25(37-6)24(32)16-21/h7-16,27,34H,17H2,1-6H3/b28-26-. The second-order valence-electron chi connectivity index (χ2n) is 10.6. The number of ketones is 1. The van der Waals surface area contributed by atoms with Crippen molar-refractivity contribution in [2.45, 2.75) is 52.6 Å². The molecule has 1 saturated heterocycles. The molecular formula is C31H32ClNO4. The highest BCUT2D eigenvalue weighted by Gasteiger charge is 2.46. The molecule has 1 aliphatic heterocycles. The maximum Gasteiger partial charge on any atom is 0.295 e. The van der Waals surface area contributed by atoms with E-state index in [2.05, 4.69) is 20.8 Å². The third-order valence-corrected chi connectivity index (χ3v) is 7.20. The number of rotatable bonds is 5. The molecule has 37 heavy (non-hydrogen) atoms. The number of hydrogen-bond acceptors (Lipinski definition) is 4. The quantitative estimate of drug-likeness (QED) is 0.227. The Morgan fingerprint density at radius 1 is 1.00 bits per heavy atom. The number of aliphatic hydroxyl groups is 1. The van der Waals surface area contributed by atoms with Gasteiger partial charge in [-0.15, -0.1) is 0 Å². The number of halogens is 1.